The molecule has 2 aliphatic rings. The zero-order valence-electron chi connectivity index (χ0n) is 16.9. The molecule has 2 fully saturated rings. The van der Waals surface area contributed by atoms with E-state index < -0.39 is 0 Å². The van der Waals surface area contributed by atoms with Crippen molar-refractivity contribution >= 4 is 28.6 Å². The summed E-state index contributed by atoms with van der Waals surface area (Å²) >= 11 is 0. The summed E-state index contributed by atoms with van der Waals surface area (Å²) in [5.74, 6) is 1.28. The fraction of sp³-hybridized carbons (Fsp3) is 0.409. The van der Waals surface area contributed by atoms with Gasteiger partial charge in [-0.05, 0) is 31.0 Å². The Morgan fingerprint density at radius 3 is 2.60 bits per heavy atom. The van der Waals surface area contributed by atoms with Crippen molar-refractivity contribution in [3.05, 3.63) is 49.1 Å². The maximum atomic E-state index is 13.2. The van der Waals surface area contributed by atoms with E-state index in [9.17, 15) is 4.79 Å². The molecule has 0 radical (unpaired) electrons. The van der Waals surface area contributed by atoms with Crippen molar-refractivity contribution in [2.24, 2.45) is 5.92 Å². The van der Waals surface area contributed by atoms with Crippen LogP contribution in [0.3, 0.4) is 0 Å². The van der Waals surface area contributed by atoms with Crippen LogP contribution in [0.4, 0.5) is 11.5 Å². The van der Waals surface area contributed by atoms with Crippen LogP contribution in [0.5, 0.6) is 0 Å². The molecule has 3 aromatic rings. The Kier molecular flexibility index (Phi) is 5.13. The van der Waals surface area contributed by atoms with Gasteiger partial charge in [-0.25, -0.2) is 15.0 Å². The first-order chi connectivity index (χ1) is 14.8. The van der Waals surface area contributed by atoms with Crippen molar-refractivity contribution in [1.82, 2.24) is 24.8 Å². The summed E-state index contributed by atoms with van der Waals surface area (Å²) in [5.41, 5.74) is 2.45. The molecular formula is C22H25N7O. The predicted octanol–water partition coefficient (Wildman–Crippen LogP) is 1.98. The fourth-order valence-electron chi connectivity index (χ4n) is 4.39. The lowest BCUT2D eigenvalue weighted by Crippen LogP contribution is -2.52. The van der Waals surface area contributed by atoms with Crippen LogP contribution in [0.1, 0.15) is 12.8 Å². The van der Waals surface area contributed by atoms with Crippen LogP contribution in [0.25, 0.3) is 11.2 Å². The van der Waals surface area contributed by atoms with Crippen molar-refractivity contribution in [3.8, 4) is 0 Å². The molecule has 5 heterocycles. The van der Waals surface area contributed by atoms with Crippen LogP contribution >= 0.6 is 0 Å². The third-order valence-electron chi connectivity index (χ3n) is 6.01. The highest BCUT2D eigenvalue weighted by Gasteiger charge is 2.31. The van der Waals surface area contributed by atoms with Crippen molar-refractivity contribution in [3.63, 3.8) is 0 Å². The van der Waals surface area contributed by atoms with Crippen molar-refractivity contribution in [2.75, 3.05) is 49.1 Å². The highest BCUT2D eigenvalue weighted by molar-refractivity contribution is 5.80. The molecule has 8 heteroatoms. The molecule has 0 unspecified atom stereocenters. The van der Waals surface area contributed by atoms with Gasteiger partial charge in [0.25, 0.3) is 0 Å². The number of amides is 1. The van der Waals surface area contributed by atoms with Crippen LogP contribution in [-0.2, 0) is 4.79 Å². The molecule has 1 atom stereocenters. The zero-order valence-corrected chi connectivity index (χ0v) is 16.9. The maximum absolute atomic E-state index is 13.2. The molecule has 1 amide bonds. The monoisotopic (exact) mass is 403 g/mol. The van der Waals surface area contributed by atoms with Crippen molar-refractivity contribution < 1.29 is 4.79 Å². The molecule has 5 rings (SSSR count). The molecular weight excluding hydrogens is 378 g/mol. The largest absolute Gasteiger partial charge is 0.369 e. The van der Waals surface area contributed by atoms with Gasteiger partial charge in [-0.15, -0.1) is 0 Å². The minimum atomic E-state index is 0.0257. The Bertz CT molecular complexity index is 1020. The van der Waals surface area contributed by atoms with E-state index in [1.165, 1.54) is 0 Å². The summed E-state index contributed by atoms with van der Waals surface area (Å²) < 4.78 is 0. The number of hydrogen-bond acceptors (Lipinski definition) is 7. The number of piperazine rings is 1. The number of rotatable bonds is 3. The van der Waals surface area contributed by atoms with E-state index in [2.05, 4.69) is 29.7 Å². The van der Waals surface area contributed by atoms with E-state index in [4.69, 9.17) is 0 Å². The molecule has 0 N–H and O–H groups in total. The Labute approximate surface area is 175 Å². The van der Waals surface area contributed by atoms with Gasteiger partial charge in [-0.2, -0.15) is 0 Å². The summed E-state index contributed by atoms with van der Waals surface area (Å²) in [6, 6.07) is 7.98. The number of nitrogens with zero attached hydrogens (tertiary/aromatic N) is 7. The maximum Gasteiger partial charge on any atom is 0.227 e. The Morgan fingerprint density at radius 1 is 0.900 bits per heavy atom. The second-order valence-electron chi connectivity index (χ2n) is 7.88. The van der Waals surface area contributed by atoms with E-state index in [1.54, 1.807) is 12.4 Å². The van der Waals surface area contributed by atoms with Crippen molar-refractivity contribution in [1.29, 1.82) is 0 Å². The van der Waals surface area contributed by atoms with E-state index >= 15 is 0 Å². The topological polar surface area (TPSA) is 78.4 Å². The molecule has 0 spiro atoms. The highest BCUT2D eigenvalue weighted by Crippen LogP contribution is 2.26. The van der Waals surface area contributed by atoms with E-state index in [0.29, 0.717) is 5.65 Å². The molecule has 154 valence electrons. The zero-order chi connectivity index (χ0) is 20.3. The lowest BCUT2D eigenvalue weighted by Gasteiger charge is -2.39. The number of hydrogen-bond donors (Lipinski definition) is 0. The minimum absolute atomic E-state index is 0.0257. The predicted molar refractivity (Wildman–Crippen MR) is 115 cm³/mol. The summed E-state index contributed by atoms with van der Waals surface area (Å²) in [6.07, 6.45) is 8.94. The SMILES string of the molecule is O=C([C@@H]1CCCN(c2cnc3nccnc3c2)C1)N1CCN(c2ccccn2)CC1. The van der Waals surface area contributed by atoms with Crippen LogP contribution in [0, 0.1) is 5.92 Å². The molecule has 8 nitrogen and oxygen atoms in total. The van der Waals surface area contributed by atoms with E-state index in [-0.39, 0.29) is 11.8 Å². The second kappa shape index (κ2) is 8.22. The molecule has 0 saturated carbocycles. The van der Waals surface area contributed by atoms with Gasteiger partial charge < -0.3 is 14.7 Å². The average molecular weight is 403 g/mol. The number of carbonyl (C=O) groups is 1. The van der Waals surface area contributed by atoms with Gasteiger partial charge in [0.2, 0.25) is 5.91 Å². The molecule has 0 aromatic carbocycles. The Hall–Kier alpha value is -3.29. The smallest absolute Gasteiger partial charge is 0.227 e. The number of aromatic nitrogens is 4. The normalized spacial score (nSPS) is 19.9. The van der Waals surface area contributed by atoms with Crippen LogP contribution in [0.2, 0.25) is 0 Å². The highest BCUT2D eigenvalue weighted by atomic mass is 16.2. The van der Waals surface area contributed by atoms with Crippen LogP contribution in [0.15, 0.2) is 49.1 Å². The number of fused-ring (bicyclic) bond motifs is 1. The summed E-state index contributed by atoms with van der Waals surface area (Å²) in [6.45, 7) is 4.81. The summed E-state index contributed by atoms with van der Waals surface area (Å²) in [5, 5.41) is 0. The lowest BCUT2D eigenvalue weighted by atomic mass is 9.95. The average Bonchev–Trinajstić information content (AvgIpc) is 2.84. The minimum Gasteiger partial charge on any atom is -0.369 e. The molecule has 0 bridgehead atoms. The van der Waals surface area contributed by atoms with Gasteiger partial charge in [0, 0.05) is 57.9 Å². The lowest BCUT2D eigenvalue weighted by molar-refractivity contribution is -0.136. The standard InChI is InChI=1S/C22H25N7O/c30-22(28-12-10-27(11-13-28)20-5-1-2-6-24-20)17-4-3-9-29(16-17)18-14-19-21(26-15-18)25-8-7-23-19/h1-2,5-8,14-15,17H,3-4,9-13,16H2/t17-/m1/s1. The number of piperidine rings is 1. The van der Waals surface area contributed by atoms with Gasteiger partial charge in [0.1, 0.15) is 11.3 Å². The second-order valence-corrected chi connectivity index (χ2v) is 7.88. The third-order valence-corrected chi connectivity index (χ3v) is 6.01. The van der Waals surface area contributed by atoms with Gasteiger partial charge in [-0.1, -0.05) is 6.07 Å². The first-order valence-electron chi connectivity index (χ1n) is 10.5. The molecule has 0 aliphatic carbocycles. The number of pyridine rings is 2. The fourth-order valence-corrected chi connectivity index (χ4v) is 4.39. The van der Waals surface area contributed by atoms with Crippen molar-refractivity contribution in [2.45, 2.75) is 12.8 Å². The van der Waals surface area contributed by atoms with E-state index in [0.717, 1.165) is 69.1 Å². The molecule has 2 saturated heterocycles. The molecule has 2 aliphatic heterocycles. The van der Waals surface area contributed by atoms with Crippen LogP contribution in [-0.4, -0.2) is 70.0 Å². The van der Waals surface area contributed by atoms with Gasteiger partial charge in [0.15, 0.2) is 5.65 Å². The molecule has 30 heavy (non-hydrogen) atoms. The quantitative estimate of drug-likeness (QED) is 0.662. The third kappa shape index (κ3) is 3.77. The molecule has 3 aromatic heterocycles. The Morgan fingerprint density at radius 2 is 1.77 bits per heavy atom. The Balaban J connectivity index is 1.23. The van der Waals surface area contributed by atoms with Crippen LogP contribution < -0.4 is 9.80 Å². The summed E-state index contributed by atoms with van der Waals surface area (Å²) in [7, 11) is 0. The first kappa shape index (κ1) is 18.7. The van der Waals surface area contributed by atoms with E-state index in [1.807, 2.05) is 41.6 Å². The van der Waals surface area contributed by atoms with Gasteiger partial charge >= 0.3 is 0 Å². The first-order valence-corrected chi connectivity index (χ1v) is 10.5. The number of carbonyl (C=O) groups excluding carboxylic acids is 1. The summed E-state index contributed by atoms with van der Waals surface area (Å²) in [4.78, 5) is 37.2. The number of anilines is 2. The van der Waals surface area contributed by atoms with Gasteiger partial charge in [0.05, 0.1) is 17.8 Å². The van der Waals surface area contributed by atoms with Gasteiger partial charge in [-0.3, -0.25) is 9.78 Å².